The highest BCUT2D eigenvalue weighted by atomic mass is 16.4. The van der Waals surface area contributed by atoms with E-state index in [4.69, 9.17) is 4.42 Å². The molecule has 1 aliphatic heterocycles. The lowest BCUT2D eigenvalue weighted by Crippen LogP contribution is -2.39. The number of aromatic nitrogens is 3. The molecule has 6 nitrogen and oxygen atoms in total. The van der Waals surface area contributed by atoms with Gasteiger partial charge in [0.2, 0.25) is 0 Å². The fraction of sp³-hybridized carbons (Fsp3) is 0.400. The van der Waals surface area contributed by atoms with E-state index in [1.165, 1.54) is 0 Å². The van der Waals surface area contributed by atoms with E-state index in [0.717, 1.165) is 36.2 Å². The summed E-state index contributed by atoms with van der Waals surface area (Å²) in [4.78, 5) is 15.9. The van der Waals surface area contributed by atoms with E-state index in [0.29, 0.717) is 29.2 Å². The van der Waals surface area contributed by atoms with Crippen LogP contribution in [0.15, 0.2) is 53.7 Å². The van der Waals surface area contributed by atoms with E-state index in [2.05, 4.69) is 39.4 Å². The Morgan fingerprint density at radius 3 is 2.55 bits per heavy atom. The van der Waals surface area contributed by atoms with Gasteiger partial charge in [-0.15, -0.1) is 0 Å². The molecule has 0 amide bonds. The Hall–Kier alpha value is -2.99. The van der Waals surface area contributed by atoms with Crippen molar-refractivity contribution >= 4 is 5.70 Å². The van der Waals surface area contributed by atoms with Gasteiger partial charge in [-0.2, -0.15) is 0 Å². The zero-order valence-electron chi connectivity index (χ0n) is 18.7. The molecule has 2 aromatic heterocycles. The Kier molecular flexibility index (Phi) is 5.67. The Morgan fingerprint density at radius 1 is 1.16 bits per heavy atom. The first-order valence-corrected chi connectivity index (χ1v) is 10.8. The molecular formula is C25H30N4O2. The van der Waals surface area contributed by atoms with Gasteiger partial charge in [-0.25, -0.2) is 15.0 Å². The van der Waals surface area contributed by atoms with Crippen LogP contribution in [0.5, 0.6) is 0 Å². The monoisotopic (exact) mass is 418 g/mol. The van der Waals surface area contributed by atoms with Crippen LogP contribution in [0.1, 0.15) is 62.4 Å². The van der Waals surface area contributed by atoms with Gasteiger partial charge in [0, 0.05) is 41.8 Å². The summed E-state index contributed by atoms with van der Waals surface area (Å²) < 4.78 is 6.00. The lowest BCUT2D eigenvalue weighted by atomic mass is 9.91. The minimum atomic E-state index is -1.02. The Morgan fingerprint density at radius 2 is 1.87 bits per heavy atom. The maximum Gasteiger partial charge on any atom is 0.199 e. The quantitative estimate of drug-likeness (QED) is 0.635. The second-order valence-corrected chi connectivity index (χ2v) is 8.86. The second kappa shape index (κ2) is 8.27. The molecule has 162 valence electrons. The van der Waals surface area contributed by atoms with Crippen molar-refractivity contribution in [2.45, 2.75) is 58.1 Å². The normalized spacial score (nSPS) is 19.5. The number of nitrogens with zero attached hydrogens (tertiary/aromatic N) is 4. The molecule has 0 aliphatic carbocycles. The van der Waals surface area contributed by atoms with Crippen molar-refractivity contribution in [3.05, 3.63) is 72.2 Å². The third-order valence-electron chi connectivity index (χ3n) is 6.02. The molecule has 2 atom stereocenters. The van der Waals surface area contributed by atoms with Crippen molar-refractivity contribution in [1.82, 2.24) is 19.9 Å². The molecule has 1 fully saturated rings. The topological polar surface area (TPSA) is 75.3 Å². The van der Waals surface area contributed by atoms with Crippen molar-refractivity contribution in [3.63, 3.8) is 0 Å². The summed E-state index contributed by atoms with van der Waals surface area (Å²) in [6.45, 7) is 12.8. The summed E-state index contributed by atoms with van der Waals surface area (Å²) in [6.07, 6.45) is 5.51. The predicted molar refractivity (Wildman–Crippen MR) is 121 cm³/mol. The highest BCUT2D eigenvalue weighted by Gasteiger charge is 2.33. The van der Waals surface area contributed by atoms with Gasteiger partial charge in [0.05, 0.1) is 5.92 Å². The molecule has 3 aromatic rings. The maximum absolute atomic E-state index is 10.4. The van der Waals surface area contributed by atoms with Gasteiger partial charge < -0.3 is 14.4 Å². The van der Waals surface area contributed by atoms with Crippen molar-refractivity contribution in [1.29, 1.82) is 0 Å². The molecule has 4 rings (SSSR count). The Bertz CT molecular complexity index is 1070. The first kappa shape index (κ1) is 21.2. The van der Waals surface area contributed by atoms with Crippen LogP contribution < -0.4 is 0 Å². The van der Waals surface area contributed by atoms with Crippen molar-refractivity contribution in [2.24, 2.45) is 0 Å². The van der Waals surface area contributed by atoms with Crippen LogP contribution in [0.2, 0.25) is 0 Å². The maximum atomic E-state index is 10.4. The van der Waals surface area contributed by atoms with Crippen molar-refractivity contribution in [2.75, 3.05) is 6.54 Å². The van der Waals surface area contributed by atoms with E-state index >= 15 is 0 Å². The molecule has 0 spiro atoms. The van der Waals surface area contributed by atoms with Crippen LogP contribution in [0, 0.1) is 6.92 Å². The number of aliphatic hydroxyl groups is 1. The minimum absolute atomic E-state index is 0.142. The van der Waals surface area contributed by atoms with Gasteiger partial charge in [-0.05, 0) is 46.6 Å². The van der Waals surface area contributed by atoms with Gasteiger partial charge in [0.25, 0.3) is 0 Å². The number of hydrogen-bond acceptors (Lipinski definition) is 6. The Balaban J connectivity index is 1.63. The van der Waals surface area contributed by atoms with Gasteiger partial charge in [-0.3, -0.25) is 0 Å². The summed E-state index contributed by atoms with van der Waals surface area (Å²) >= 11 is 0. The number of piperidine rings is 1. The van der Waals surface area contributed by atoms with Crippen LogP contribution >= 0.6 is 0 Å². The lowest BCUT2D eigenvalue weighted by Gasteiger charge is -2.40. The molecule has 1 aliphatic rings. The average Bonchev–Trinajstić information content (AvgIpc) is 3.16. The predicted octanol–water partition coefficient (Wildman–Crippen LogP) is 4.91. The number of hydrogen-bond donors (Lipinski definition) is 1. The third kappa shape index (κ3) is 4.26. The van der Waals surface area contributed by atoms with Crippen LogP contribution in [0.3, 0.4) is 0 Å². The summed E-state index contributed by atoms with van der Waals surface area (Å²) in [5, 5.41) is 10.4. The summed E-state index contributed by atoms with van der Waals surface area (Å²) in [6, 6.07) is 10.3. The number of benzene rings is 1. The fourth-order valence-corrected chi connectivity index (χ4v) is 4.37. The third-order valence-corrected chi connectivity index (χ3v) is 6.02. The number of likely N-dealkylation sites (tertiary alicyclic amines) is 1. The SMILES string of the molecule is C=C(c1ccccc1-c1ncccn1)N1CC(c2nc(C(C)(C)O)c(C)o2)CC[C@H]1C. The van der Waals surface area contributed by atoms with Gasteiger partial charge >= 0.3 is 0 Å². The molecule has 1 unspecified atom stereocenters. The average molecular weight is 419 g/mol. The van der Waals surface area contributed by atoms with Gasteiger partial charge in [-0.1, -0.05) is 30.8 Å². The largest absolute Gasteiger partial charge is 0.445 e. The van der Waals surface area contributed by atoms with Crippen molar-refractivity contribution < 1.29 is 9.52 Å². The number of aryl methyl sites for hydroxylation is 1. The lowest BCUT2D eigenvalue weighted by molar-refractivity contribution is 0.0727. The van der Waals surface area contributed by atoms with Crippen LogP contribution in [-0.2, 0) is 5.60 Å². The molecular weight excluding hydrogens is 388 g/mol. The molecule has 6 heteroatoms. The molecule has 1 aromatic carbocycles. The molecule has 0 radical (unpaired) electrons. The molecule has 0 bridgehead atoms. The van der Waals surface area contributed by atoms with Gasteiger partial charge in [0.15, 0.2) is 11.7 Å². The van der Waals surface area contributed by atoms with Crippen LogP contribution in [-0.4, -0.2) is 37.5 Å². The fourth-order valence-electron chi connectivity index (χ4n) is 4.37. The Labute approximate surface area is 183 Å². The second-order valence-electron chi connectivity index (χ2n) is 8.86. The first-order valence-electron chi connectivity index (χ1n) is 10.8. The molecule has 3 heterocycles. The zero-order chi connectivity index (χ0) is 22.2. The van der Waals surface area contributed by atoms with Crippen LogP contribution in [0.4, 0.5) is 0 Å². The minimum Gasteiger partial charge on any atom is -0.445 e. The summed E-state index contributed by atoms with van der Waals surface area (Å²) in [5.74, 6) is 2.21. The molecule has 0 saturated carbocycles. The van der Waals surface area contributed by atoms with E-state index in [9.17, 15) is 5.11 Å². The number of rotatable bonds is 5. The molecule has 1 saturated heterocycles. The summed E-state index contributed by atoms with van der Waals surface area (Å²) in [5.41, 5.74) is 2.54. The number of oxazole rings is 1. The first-order chi connectivity index (χ1) is 14.8. The molecule has 1 N–H and O–H groups in total. The van der Waals surface area contributed by atoms with E-state index < -0.39 is 5.60 Å². The highest BCUT2D eigenvalue weighted by Crippen LogP contribution is 2.37. The smallest absolute Gasteiger partial charge is 0.199 e. The highest BCUT2D eigenvalue weighted by molar-refractivity contribution is 5.77. The van der Waals surface area contributed by atoms with Crippen LogP contribution in [0.25, 0.3) is 17.1 Å². The van der Waals surface area contributed by atoms with Gasteiger partial charge in [0.1, 0.15) is 17.1 Å². The van der Waals surface area contributed by atoms with E-state index in [1.54, 1.807) is 26.2 Å². The zero-order valence-corrected chi connectivity index (χ0v) is 18.7. The summed E-state index contributed by atoms with van der Waals surface area (Å²) in [7, 11) is 0. The van der Waals surface area contributed by atoms with E-state index in [-0.39, 0.29) is 5.92 Å². The molecule has 31 heavy (non-hydrogen) atoms. The van der Waals surface area contributed by atoms with E-state index in [1.807, 2.05) is 31.2 Å². The van der Waals surface area contributed by atoms with Crippen molar-refractivity contribution in [3.8, 4) is 11.4 Å². The standard InChI is InChI=1S/C25H30N4O2/c1-16-11-12-19(24-28-22(18(3)31-24)25(4,5)30)15-29(16)17(2)20-9-6-7-10-21(20)23-26-13-8-14-27-23/h6-10,13-14,16,19,30H,2,11-12,15H2,1,3-5H3/t16-,19?/m1/s1.